The highest BCUT2D eigenvalue weighted by atomic mass is 16.5. The Morgan fingerprint density at radius 2 is 2.09 bits per heavy atom. The second-order valence-electron chi connectivity index (χ2n) is 5.52. The lowest BCUT2D eigenvalue weighted by atomic mass is 10.0. The van der Waals surface area contributed by atoms with E-state index >= 15 is 0 Å². The summed E-state index contributed by atoms with van der Waals surface area (Å²) in [4.78, 5) is 17.1. The molecule has 1 aliphatic heterocycles. The average molecular weight is 301 g/mol. The largest absolute Gasteiger partial charge is 0.465 e. The Morgan fingerprint density at radius 3 is 2.86 bits per heavy atom. The maximum Gasteiger partial charge on any atom is 0.407 e. The quantitative estimate of drug-likeness (QED) is 0.938. The summed E-state index contributed by atoms with van der Waals surface area (Å²) in [5.74, 6) is 1.06. The molecule has 2 heterocycles. The van der Waals surface area contributed by atoms with Crippen LogP contribution in [0.5, 0.6) is 0 Å². The van der Waals surface area contributed by atoms with Crippen LogP contribution in [0.4, 0.5) is 4.79 Å². The number of aromatic nitrogens is 2. The van der Waals surface area contributed by atoms with Crippen LogP contribution in [-0.4, -0.2) is 32.8 Å². The molecule has 1 fully saturated rings. The summed E-state index contributed by atoms with van der Waals surface area (Å²) in [6.45, 7) is 0.536. The normalized spacial score (nSPS) is 18.4. The molecule has 0 spiro atoms. The van der Waals surface area contributed by atoms with Crippen LogP contribution in [0, 0.1) is 0 Å². The molecule has 3 rings (SSSR count). The minimum Gasteiger partial charge on any atom is -0.465 e. The van der Waals surface area contributed by atoms with Gasteiger partial charge in [-0.15, -0.1) is 0 Å². The van der Waals surface area contributed by atoms with E-state index in [2.05, 4.69) is 22.3 Å². The number of amides is 1. The molecule has 1 amide bonds. The molecular weight excluding hydrogens is 282 g/mol. The molecule has 1 aromatic carbocycles. The van der Waals surface area contributed by atoms with E-state index in [0.29, 0.717) is 24.7 Å². The van der Waals surface area contributed by atoms with Gasteiger partial charge >= 0.3 is 6.09 Å². The van der Waals surface area contributed by atoms with Crippen molar-refractivity contribution in [3.8, 4) is 0 Å². The lowest BCUT2D eigenvalue weighted by molar-refractivity contribution is 0.103. The van der Waals surface area contributed by atoms with Crippen molar-refractivity contribution in [1.29, 1.82) is 0 Å². The molecule has 1 N–H and O–H groups in total. The van der Waals surface area contributed by atoms with E-state index in [1.165, 1.54) is 10.5 Å². The van der Waals surface area contributed by atoms with Gasteiger partial charge in [0.1, 0.15) is 0 Å². The van der Waals surface area contributed by atoms with Crippen molar-refractivity contribution in [3.05, 3.63) is 47.6 Å². The van der Waals surface area contributed by atoms with Crippen LogP contribution in [0.3, 0.4) is 0 Å². The molecule has 1 atom stereocenters. The van der Waals surface area contributed by atoms with Crippen molar-refractivity contribution in [2.24, 2.45) is 0 Å². The number of nitrogens with zero attached hydrogens (tertiary/aromatic N) is 3. The third kappa shape index (κ3) is 3.27. The van der Waals surface area contributed by atoms with Crippen molar-refractivity contribution >= 4 is 6.09 Å². The first kappa shape index (κ1) is 14.6. The lowest BCUT2D eigenvalue weighted by Gasteiger charge is -2.31. The second-order valence-corrected chi connectivity index (χ2v) is 5.52. The van der Waals surface area contributed by atoms with Gasteiger partial charge in [-0.1, -0.05) is 35.5 Å². The van der Waals surface area contributed by atoms with Gasteiger partial charge in [0, 0.05) is 13.0 Å². The van der Waals surface area contributed by atoms with Gasteiger partial charge in [-0.2, -0.15) is 4.98 Å². The van der Waals surface area contributed by atoms with Gasteiger partial charge in [0.15, 0.2) is 5.82 Å². The van der Waals surface area contributed by atoms with E-state index < -0.39 is 6.09 Å². The molecule has 116 valence electrons. The summed E-state index contributed by atoms with van der Waals surface area (Å²) in [6, 6.07) is 9.83. The summed E-state index contributed by atoms with van der Waals surface area (Å²) < 4.78 is 5.29. The SMILES string of the molecule is O=C(O)N1CCCCC1c1noc(CCc2ccccc2)n1. The summed E-state index contributed by atoms with van der Waals surface area (Å²) in [7, 11) is 0. The van der Waals surface area contributed by atoms with Crippen LogP contribution in [0.2, 0.25) is 0 Å². The van der Waals surface area contributed by atoms with Crippen molar-refractivity contribution in [2.45, 2.75) is 38.1 Å². The molecule has 1 unspecified atom stereocenters. The Balaban J connectivity index is 1.66. The molecular formula is C16H19N3O3. The average Bonchev–Trinajstić information content (AvgIpc) is 3.03. The van der Waals surface area contributed by atoms with Gasteiger partial charge in [0.2, 0.25) is 5.89 Å². The smallest absolute Gasteiger partial charge is 0.407 e. The van der Waals surface area contributed by atoms with Crippen molar-refractivity contribution in [3.63, 3.8) is 0 Å². The fraction of sp³-hybridized carbons (Fsp3) is 0.438. The van der Waals surface area contributed by atoms with Crippen LogP contribution < -0.4 is 0 Å². The predicted molar refractivity (Wildman–Crippen MR) is 79.5 cm³/mol. The fourth-order valence-corrected chi connectivity index (χ4v) is 2.83. The highest BCUT2D eigenvalue weighted by molar-refractivity contribution is 5.65. The first-order valence-electron chi connectivity index (χ1n) is 7.60. The van der Waals surface area contributed by atoms with Gasteiger partial charge in [-0.05, 0) is 31.2 Å². The number of likely N-dealkylation sites (tertiary alicyclic amines) is 1. The zero-order valence-corrected chi connectivity index (χ0v) is 12.3. The molecule has 6 nitrogen and oxygen atoms in total. The fourth-order valence-electron chi connectivity index (χ4n) is 2.83. The molecule has 1 saturated heterocycles. The number of carbonyl (C=O) groups is 1. The third-order valence-electron chi connectivity index (χ3n) is 4.00. The minimum absolute atomic E-state index is 0.277. The van der Waals surface area contributed by atoms with E-state index in [4.69, 9.17) is 4.52 Å². The van der Waals surface area contributed by atoms with Crippen LogP contribution in [-0.2, 0) is 12.8 Å². The van der Waals surface area contributed by atoms with E-state index in [1.807, 2.05) is 18.2 Å². The van der Waals surface area contributed by atoms with Gasteiger partial charge in [0.25, 0.3) is 0 Å². The monoisotopic (exact) mass is 301 g/mol. The van der Waals surface area contributed by atoms with Crippen molar-refractivity contribution in [1.82, 2.24) is 15.0 Å². The Labute approximate surface area is 128 Å². The summed E-state index contributed by atoms with van der Waals surface area (Å²) in [6.07, 6.45) is 3.21. The topological polar surface area (TPSA) is 79.5 Å². The molecule has 0 bridgehead atoms. The predicted octanol–water partition coefficient (Wildman–Crippen LogP) is 3.06. The number of rotatable bonds is 4. The van der Waals surface area contributed by atoms with Crippen LogP contribution in [0.25, 0.3) is 0 Å². The zero-order chi connectivity index (χ0) is 15.4. The number of carboxylic acid groups (broad SMARTS) is 1. The Bertz CT molecular complexity index is 627. The summed E-state index contributed by atoms with van der Waals surface area (Å²) in [5, 5.41) is 13.3. The Morgan fingerprint density at radius 1 is 1.27 bits per heavy atom. The van der Waals surface area contributed by atoms with Crippen LogP contribution >= 0.6 is 0 Å². The lowest BCUT2D eigenvalue weighted by Crippen LogP contribution is -2.37. The number of benzene rings is 1. The highest BCUT2D eigenvalue weighted by Gasteiger charge is 2.31. The number of piperidine rings is 1. The standard InChI is InChI=1S/C16H19N3O3/c20-16(21)19-11-5-4-8-13(19)15-17-14(22-18-15)10-9-12-6-2-1-3-7-12/h1-3,6-7,13H,4-5,8-11H2,(H,20,21). The van der Waals surface area contributed by atoms with E-state index in [9.17, 15) is 9.90 Å². The molecule has 22 heavy (non-hydrogen) atoms. The van der Waals surface area contributed by atoms with E-state index in [0.717, 1.165) is 25.7 Å². The number of aryl methyl sites for hydroxylation is 2. The molecule has 2 aromatic rings. The zero-order valence-electron chi connectivity index (χ0n) is 12.3. The molecule has 0 aliphatic carbocycles. The first-order chi connectivity index (χ1) is 10.7. The van der Waals surface area contributed by atoms with Crippen molar-refractivity contribution in [2.75, 3.05) is 6.54 Å². The maximum atomic E-state index is 11.3. The van der Waals surface area contributed by atoms with Gasteiger partial charge in [-0.25, -0.2) is 4.79 Å². The third-order valence-corrected chi connectivity index (χ3v) is 4.00. The van der Waals surface area contributed by atoms with Crippen LogP contribution in [0.1, 0.15) is 42.6 Å². The molecule has 0 saturated carbocycles. The Hall–Kier alpha value is -2.37. The minimum atomic E-state index is -0.916. The molecule has 6 heteroatoms. The molecule has 1 aliphatic rings. The van der Waals surface area contributed by atoms with Crippen molar-refractivity contribution < 1.29 is 14.4 Å². The van der Waals surface area contributed by atoms with Gasteiger partial charge in [-0.3, -0.25) is 4.90 Å². The number of hydrogen-bond acceptors (Lipinski definition) is 4. The molecule has 0 radical (unpaired) electrons. The first-order valence-corrected chi connectivity index (χ1v) is 7.60. The van der Waals surface area contributed by atoms with Crippen LogP contribution in [0.15, 0.2) is 34.9 Å². The van der Waals surface area contributed by atoms with E-state index in [-0.39, 0.29) is 6.04 Å². The second kappa shape index (κ2) is 6.60. The Kier molecular flexibility index (Phi) is 4.37. The molecule has 1 aromatic heterocycles. The number of hydrogen-bond donors (Lipinski definition) is 1. The van der Waals surface area contributed by atoms with Gasteiger partial charge < -0.3 is 9.63 Å². The van der Waals surface area contributed by atoms with E-state index in [1.54, 1.807) is 0 Å². The summed E-state index contributed by atoms with van der Waals surface area (Å²) in [5.41, 5.74) is 1.21. The highest BCUT2D eigenvalue weighted by Crippen LogP contribution is 2.29. The van der Waals surface area contributed by atoms with Gasteiger partial charge in [0.05, 0.1) is 6.04 Å². The summed E-state index contributed by atoms with van der Waals surface area (Å²) >= 11 is 0. The maximum absolute atomic E-state index is 11.3.